The van der Waals surface area contributed by atoms with Gasteiger partial charge >= 0.3 is 0 Å². The molecule has 0 heterocycles. The van der Waals surface area contributed by atoms with E-state index in [0.29, 0.717) is 5.56 Å². The fourth-order valence-electron chi connectivity index (χ4n) is 3.37. The maximum atomic E-state index is 13.3. The summed E-state index contributed by atoms with van der Waals surface area (Å²) in [6.45, 7) is 2.03. The Bertz CT molecular complexity index is 1210. The van der Waals surface area contributed by atoms with Crippen molar-refractivity contribution in [1.29, 1.82) is 0 Å². The van der Waals surface area contributed by atoms with Gasteiger partial charge in [-0.05, 0) is 35.7 Å². The van der Waals surface area contributed by atoms with Crippen LogP contribution in [0, 0.1) is 6.92 Å². The molecule has 0 aliphatic heterocycles. The second kappa shape index (κ2) is 14.0. The molecule has 0 aromatic heterocycles. The van der Waals surface area contributed by atoms with E-state index < -0.39 is 0 Å². The Morgan fingerprint density at radius 2 is 1.00 bits per heavy atom. The van der Waals surface area contributed by atoms with Crippen molar-refractivity contribution >= 4 is 41.2 Å². The van der Waals surface area contributed by atoms with Crippen molar-refractivity contribution in [2.75, 3.05) is 0 Å². The van der Waals surface area contributed by atoms with Crippen LogP contribution in [0.5, 0.6) is 0 Å². The molecule has 2 nitrogen and oxygen atoms in total. The highest BCUT2D eigenvalue weighted by atomic mass is 32.2. The van der Waals surface area contributed by atoms with Crippen LogP contribution in [0.25, 0.3) is 0 Å². The molecule has 0 saturated carbocycles. The largest absolute Gasteiger partial charge is 0.315 e. The van der Waals surface area contributed by atoms with Gasteiger partial charge in [-0.1, -0.05) is 109 Å². The summed E-state index contributed by atoms with van der Waals surface area (Å²) < 4.78 is 1.13. The van der Waals surface area contributed by atoms with Gasteiger partial charge in [-0.3, -0.25) is 4.79 Å². The molecule has 0 aliphatic carbocycles. The molecule has 0 fully saturated rings. The lowest BCUT2D eigenvalue weighted by Gasteiger charge is -2.16. The fourth-order valence-corrected chi connectivity index (χ4v) is 6.90. The maximum absolute atomic E-state index is 13.3. The van der Waals surface area contributed by atoms with Gasteiger partial charge in [-0.2, -0.15) is 0 Å². The molecule has 0 aliphatic rings. The molecule has 1 N–H and O–H groups in total. The van der Waals surface area contributed by atoms with Gasteiger partial charge in [0.2, 0.25) is 0 Å². The van der Waals surface area contributed by atoms with E-state index in [0.717, 1.165) is 32.1 Å². The van der Waals surface area contributed by atoms with Crippen LogP contribution in [0.2, 0.25) is 0 Å². The second-order valence-electron chi connectivity index (χ2n) is 8.26. The number of nitrogens with one attached hydrogen (secondary N) is 1. The number of carbonyl (C=O) groups is 1. The van der Waals surface area contributed by atoms with E-state index in [1.165, 1.54) is 16.7 Å². The van der Waals surface area contributed by atoms with Gasteiger partial charge in [0.25, 0.3) is 5.91 Å². The topological polar surface area (TPSA) is 29.1 Å². The van der Waals surface area contributed by atoms with Gasteiger partial charge in [-0.15, -0.1) is 35.3 Å². The van der Waals surface area contributed by atoms with E-state index >= 15 is 0 Å². The van der Waals surface area contributed by atoms with Gasteiger partial charge in [0.1, 0.15) is 0 Å². The molecular weight excluding hydrogens is 499 g/mol. The van der Waals surface area contributed by atoms with Gasteiger partial charge in [0, 0.05) is 22.8 Å². The van der Waals surface area contributed by atoms with Crippen LogP contribution in [0.4, 0.5) is 0 Å². The summed E-state index contributed by atoms with van der Waals surface area (Å²) in [7, 11) is 0. The summed E-state index contributed by atoms with van der Waals surface area (Å²) in [5, 5.41) is 4.17. The molecule has 1 amide bonds. The van der Waals surface area contributed by atoms with Gasteiger partial charge in [0.05, 0.1) is 9.27 Å². The highest BCUT2D eigenvalue weighted by Crippen LogP contribution is 2.39. The minimum absolute atomic E-state index is 0.0799. The smallest absolute Gasteiger partial charge is 0.256 e. The maximum Gasteiger partial charge on any atom is 0.256 e. The molecule has 5 heteroatoms. The zero-order valence-electron chi connectivity index (χ0n) is 20.2. The van der Waals surface area contributed by atoms with E-state index in [9.17, 15) is 4.79 Å². The number of carbonyl (C=O) groups excluding carboxylic acids is 1. The van der Waals surface area contributed by atoms with E-state index in [1.54, 1.807) is 35.3 Å². The lowest BCUT2D eigenvalue weighted by atomic mass is 10.1. The fraction of sp³-hybridized carbons (Fsp3) is 0.129. The third-order valence-electron chi connectivity index (χ3n) is 5.38. The Morgan fingerprint density at radius 3 is 1.44 bits per heavy atom. The third kappa shape index (κ3) is 8.37. The molecule has 0 bridgehead atoms. The summed E-state index contributed by atoms with van der Waals surface area (Å²) in [4.78, 5) is 13.3. The summed E-state index contributed by atoms with van der Waals surface area (Å²) in [5.41, 5.74) is 5.55. The molecule has 4 aromatic rings. The molecular formula is C31H29NOS3. The van der Waals surface area contributed by atoms with Crippen LogP contribution >= 0.6 is 35.3 Å². The number of hydrogen-bond acceptors (Lipinski definition) is 4. The van der Waals surface area contributed by atoms with Crippen LogP contribution in [-0.4, -0.2) is 5.91 Å². The van der Waals surface area contributed by atoms with Crippen LogP contribution < -0.4 is 5.32 Å². The Balaban J connectivity index is 1.61. The van der Waals surface area contributed by atoms with E-state index in [4.69, 9.17) is 0 Å². The zero-order chi connectivity index (χ0) is 25.0. The lowest BCUT2D eigenvalue weighted by Crippen LogP contribution is -2.22. The standard InChI is InChI=1S/C31H29NOS3/c1-24-17-19-28(20-18-24)29(33)32-30(34-21-25-11-5-2-6-12-25)31(35-22-26-13-7-3-8-14-26)36-23-27-15-9-4-10-16-27/h2-20H,21-23H2,1H3,(H,32,33). The van der Waals surface area contributed by atoms with Gasteiger partial charge in [0.15, 0.2) is 0 Å². The average molecular weight is 528 g/mol. The first kappa shape index (κ1) is 26.2. The molecule has 182 valence electrons. The second-order valence-corrected chi connectivity index (χ2v) is 11.5. The van der Waals surface area contributed by atoms with E-state index in [-0.39, 0.29) is 5.91 Å². The molecule has 0 saturated heterocycles. The molecule has 0 radical (unpaired) electrons. The van der Waals surface area contributed by atoms with Crippen LogP contribution in [-0.2, 0) is 17.3 Å². The number of benzene rings is 4. The van der Waals surface area contributed by atoms with Crippen molar-refractivity contribution in [3.05, 3.63) is 152 Å². The van der Waals surface area contributed by atoms with Gasteiger partial charge < -0.3 is 5.32 Å². The molecule has 4 aromatic carbocycles. The number of rotatable bonds is 11. The summed E-state index contributed by atoms with van der Waals surface area (Å²) >= 11 is 5.25. The minimum Gasteiger partial charge on any atom is -0.315 e. The molecule has 0 atom stereocenters. The molecule has 0 spiro atoms. The predicted octanol–water partition coefficient (Wildman–Crippen LogP) is 8.65. The Labute approximate surface area is 227 Å². The van der Waals surface area contributed by atoms with Crippen molar-refractivity contribution in [3.63, 3.8) is 0 Å². The number of hydrogen-bond donors (Lipinski definition) is 1. The number of thioether (sulfide) groups is 3. The Hall–Kier alpha value is -2.86. The van der Waals surface area contributed by atoms with Gasteiger partial charge in [-0.25, -0.2) is 0 Å². The predicted molar refractivity (Wildman–Crippen MR) is 159 cm³/mol. The van der Waals surface area contributed by atoms with E-state index in [2.05, 4.69) is 78.1 Å². The molecule has 36 heavy (non-hydrogen) atoms. The van der Waals surface area contributed by atoms with Crippen molar-refractivity contribution in [3.8, 4) is 0 Å². The summed E-state index contributed by atoms with van der Waals surface area (Å²) in [6.07, 6.45) is 0. The first-order valence-electron chi connectivity index (χ1n) is 11.8. The highest BCUT2D eigenvalue weighted by molar-refractivity contribution is 8.22. The third-order valence-corrected chi connectivity index (χ3v) is 9.30. The van der Waals surface area contributed by atoms with E-state index in [1.807, 2.05) is 49.4 Å². The van der Waals surface area contributed by atoms with Crippen molar-refractivity contribution in [2.24, 2.45) is 0 Å². The first-order valence-corrected chi connectivity index (χ1v) is 14.8. The Kier molecular flexibility index (Phi) is 10.2. The van der Waals surface area contributed by atoms with Crippen LogP contribution in [0.15, 0.2) is 125 Å². The van der Waals surface area contributed by atoms with Crippen molar-refractivity contribution < 1.29 is 4.79 Å². The average Bonchev–Trinajstić information content (AvgIpc) is 2.93. The summed E-state index contributed by atoms with van der Waals surface area (Å²) in [5.74, 6) is 2.39. The molecule has 0 unspecified atom stereocenters. The van der Waals surface area contributed by atoms with Crippen LogP contribution in [0.1, 0.15) is 32.6 Å². The SMILES string of the molecule is Cc1ccc(C(=O)NC(SCc2ccccc2)=C(SCc2ccccc2)SCc2ccccc2)cc1. The minimum atomic E-state index is -0.0799. The quantitative estimate of drug-likeness (QED) is 0.211. The highest BCUT2D eigenvalue weighted by Gasteiger charge is 2.15. The van der Waals surface area contributed by atoms with Crippen molar-refractivity contribution in [2.45, 2.75) is 24.2 Å². The summed E-state index contributed by atoms with van der Waals surface area (Å²) in [6, 6.07) is 39.1. The number of aryl methyl sites for hydroxylation is 1. The normalized spacial score (nSPS) is 10.6. The molecule has 4 rings (SSSR count). The van der Waals surface area contributed by atoms with Crippen LogP contribution in [0.3, 0.4) is 0 Å². The first-order chi connectivity index (χ1) is 17.7. The monoisotopic (exact) mass is 527 g/mol. The zero-order valence-corrected chi connectivity index (χ0v) is 22.7. The lowest BCUT2D eigenvalue weighted by molar-refractivity contribution is 0.0969. The number of amides is 1. The Morgan fingerprint density at radius 1 is 0.583 bits per heavy atom. The van der Waals surface area contributed by atoms with Crippen molar-refractivity contribution in [1.82, 2.24) is 5.32 Å².